The number of nitrogens with zero attached hydrogens (tertiary/aromatic N) is 1. The van der Waals surface area contributed by atoms with E-state index < -0.39 is 23.4 Å². The molecule has 0 bridgehead atoms. The topological polar surface area (TPSA) is 98.9 Å². The van der Waals surface area contributed by atoms with Gasteiger partial charge in [-0.05, 0) is 42.7 Å². The second-order valence-electron chi connectivity index (χ2n) is 7.20. The third-order valence-corrected chi connectivity index (χ3v) is 4.94. The number of likely N-dealkylation sites (tertiary alicyclic amines) is 1. The number of nitrogens with two attached hydrogens (primary N) is 1. The molecule has 1 heterocycles. The Morgan fingerprint density at radius 3 is 2.48 bits per heavy atom. The van der Waals surface area contributed by atoms with Crippen molar-refractivity contribution in [1.82, 2.24) is 4.90 Å². The van der Waals surface area contributed by atoms with Gasteiger partial charge in [0.05, 0.1) is 11.5 Å². The number of hydrogen-bond donors (Lipinski definition) is 1. The number of rotatable bonds is 7. The molecule has 0 saturated carbocycles. The van der Waals surface area contributed by atoms with Gasteiger partial charge < -0.3 is 20.1 Å². The Balaban J connectivity index is 1.48. The number of hydrogen-bond acceptors (Lipinski definition) is 5. The van der Waals surface area contributed by atoms with Crippen LogP contribution in [0.25, 0.3) is 0 Å². The van der Waals surface area contributed by atoms with Gasteiger partial charge in [0.2, 0.25) is 0 Å². The van der Waals surface area contributed by atoms with E-state index in [1.54, 1.807) is 24.3 Å². The maximum atomic E-state index is 13.8. The average molecular weight is 432 g/mol. The number of esters is 1. The molecule has 1 aliphatic rings. The zero-order valence-electron chi connectivity index (χ0n) is 16.7. The van der Waals surface area contributed by atoms with Gasteiger partial charge in [-0.3, -0.25) is 14.4 Å². The van der Waals surface area contributed by atoms with Crippen molar-refractivity contribution in [3.8, 4) is 5.75 Å². The fraction of sp³-hybridized carbons (Fsp3) is 0.318. The highest BCUT2D eigenvalue weighted by molar-refractivity contribution is 5.94. The van der Waals surface area contributed by atoms with E-state index in [1.165, 1.54) is 4.90 Å². The van der Waals surface area contributed by atoms with Crippen LogP contribution < -0.4 is 10.5 Å². The van der Waals surface area contributed by atoms with E-state index in [4.69, 9.17) is 15.2 Å². The van der Waals surface area contributed by atoms with Gasteiger partial charge in [-0.15, -0.1) is 0 Å². The molecule has 3 rings (SSSR count). The number of halogens is 2. The van der Waals surface area contributed by atoms with Crippen molar-refractivity contribution in [2.45, 2.75) is 19.4 Å². The molecule has 31 heavy (non-hydrogen) atoms. The second-order valence-corrected chi connectivity index (χ2v) is 7.20. The summed E-state index contributed by atoms with van der Waals surface area (Å²) >= 11 is 0. The lowest BCUT2D eigenvalue weighted by Gasteiger charge is -2.31. The van der Waals surface area contributed by atoms with Crippen molar-refractivity contribution >= 4 is 17.8 Å². The fourth-order valence-electron chi connectivity index (χ4n) is 3.30. The minimum atomic E-state index is -0.909. The SMILES string of the molecule is NC(=O)COc1cccc(COC(=O)C2CCN(C(=O)c3ccc(F)cc3F)CC2)c1. The molecule has 9 heteroatoms. The van der Waals surface area contributed by atoms with Crippen LogP contribution in [0.4, 0.5) is 8.78 Å². The molecular formula is C22H22F2N2O5. The van der Waals surface area contributed by atoms with Crippen molar-refractivity contribution in [2.24, 2.45) is 11.7 Å². The summed E-state index contributed by atoms with van der Waals surface area (Å²) in [5.41, 5.74) is 5.54. The molecule has 0 spiro atoms. The Bertz CT molecular complexity index is 974. The standard InChI is InChI=1S/C22H22F2N2O5/c23-16-4-5-18(19(24)11-16)21(28)26-8-6-15(7-9-26)22(29)31-12-14-2-1-3-17(10-14)30-13-20(25)27/h1-5,10-11,15H,6-9,12-13H2,(H2,25,27). The molecule has 0 radical (unpaired) electrons. The second kappa shape index (κ2) is 10.0. The molecule has 0 aliphatic carbocycles. The van der Waals surface area contributed by atoms with Gasteiger partial charge in [0.1, 0.15) is 24.0 Å². The van der Waals surface area contributed by atoms with Crippen molar-refractivity contribution in [3.05, 3.63) is 65.2 Å². The Morgan fingerprint density at radius 1 is 1.06 bits per heavy atom. The number of benzene rings is 2. The van der Waals surface area contributed by atoms with E-state index in [1.807, 2.05) is 0 Å². The van der Waals surface area contributed by atoms with Gasteiger partial charge in [-0.1, -0.05) is 12.1 Å². The van der Waals surface area contributed by atoms with Crippen LogP contribution in [0.5, 0.6) is 5.75 Å². The zero-order valence-corrected chi connectivity index (χ0v) is 16.7. The van der Waals surface area contributed by atoms with E-state index in [-0.39, 0.29) is 43.8 Å². The van der Waals surface area contributed by atoms with Gasteiger partial charge in [0.15, 0.2) is 6.61 Å². The van der Waals surface area contributed by atoms with Gasteiger partial charge >= 0.3 is 5.97 Å². The van der Waals surface area contributed by atoms with Crippen molar-refractivity contribution in [1.29, 1.82) is 0 Å². The third kappa shape index (κ3) is 6.00. The molecule has 1 saturated heterocycles. The monoisotopic (exact) mass is 432 g/mol. The molecule has 0 unspecified atom stereocenters. The zero-order chi connectivity index (χ0) is 22.4. The van der Waals surface area contributed by atoms with Gasteiger partial charge in [0.25, 0.3) is 11.8 Å². The van der Waals surface area contributed by atoms with Crippen molar-refractivity contribution in [2.75, 3.05) is 19.7 Å². The average Bonchev–Trinajstić information content (AvgIpc) is 2.76. The van der Waals surface area contributed by atoms with Crippen LogP contribution in [0.1, 0.15) is 28.8 Å². The lowest BCUT2D eigenvalue weighted by molar-refractivity contribution is -0.151. The number of carbonyl (C=O) groups excluding carboxylic acids is 3. The number of amides is 2. The predicted molar refractivity (Wildman–Crippen MR) is 106 cm³/mol. The lowest BCUT2D eigenvalue weighted by atomic mass is 9.96. The highest BCUT2D eigenvalue weighted by atomic mass is 19.1. The predicted octanol–water partition coefficient (Wildman–Crippen LogP) is 2.42. The van der Waals surface area contributed by atoms with Gasteiger partial charge in [0, 0.05) is 19.2 Å². The molecule has 7 nitrogen and oxygen atoms in total. The summed E-state index contributed by atoms with van der Waals surface area (Å²) in [5.74, 6) is -3.11. The first kappa shape index (κ1) is 22.2. The van der Waals surface area contributed by atoms with Crippen LogP contribution in [0.15, 0.2) is 42.5 Å². The quantitative estimate of drug-likeness (QED) is 0.678. The largest absolute Gasteiger partial charge is 0.484 e. The molecule has 164 valence electrons. The first-order chi connectivity index (χ1) is 14.8. The summed E-state index contributed by atoms with van der Waals surface area (Å²) < 4.78 is 37.5. The smallest absolute Gasteiger partial charge is 0.309 e. The number of carbonyl (C=O) groups is 3. The summed E-state index contributed by atoms with van der Waals surface area (Å²) in [6.07, 6.45) is 0.768. The first-order valence-electron chi connectivity index (χ1n) is 9.74. The Hall–Kier alpha value is -3.49. The summed E-state index contributed by atoms with van der Waals surface area (Å²) in [7, 11) is 0. The molecule has 2 aromatic carbocycles. The van der Waals surface area contributed by atoms with E-state index >= 15 is 0 Å². The molecule has 0 atom stereocenters. The number of piperidine rings is 1. The summed E-state index contributed by atoms with van der Waals surface area (Å²) in [5, 5.41) is 0. The molecule has 2 aromatic rings. The first-order valence-corrected chi connectivity index (χ1v) is 9.74. The number of primary amides is 1. The van der Waals surface area contributed by atoms with Gasteiger partial charge in [-0.25, -0.2) is 8.78 Å². The molecule has 2 amide bonds. The van der Waals surface area contributed by atoms with Crippen molar-refractivity contribution < 1.29 is 32.6 Å². The lowest BCUT2D eigenvalue weighted by Crippen LogP contribution is -2.41. The number of ether oxygens (including phenoxy) is 2. The van der Waals surface area contributed by atoms with Crippen LogP contribution in [0, 0.1) is 17.6 Å². The maximum Gasteiger partial charge on any atom is 0.309 e. The molecular weight excluding hydrogens is 410 g/mol. The normalized spacial score (nSPS) is 14.2. The van der Waals surface area contributed by atoms with Crippen LogP contribution in [-0.2, 0) is 20.9 Å². The van der Waals surface area contributed by atoms with Crippen LogP contribution in [-0.4, -0.2) is 42.4 Å². The molecule has 1 aliphatic heterocycles. The minimum absolute atomic E-state index is 0.0343. The Kier molecular flexibility index (Phi) is 7.17. The Morgan fingerprint density at radius 2 is 1.81 bits per heavy atom. The highest BCUT2D eigenvalue weighted by Crippen LogP contribution is 2.22. The summed E-state index contributed by atoms with van der Waals surface area (Å²) in [4.78, 5) is 37.1. The van der Waals surface area contributed by atoms with E-state index in [0.29, 0.717) is 30.2 Å². The fourth-order valence-corrected chi connectivity index (χ4v) is 3.30. The minimum Gasteiger partial charge on any atom is -0.484 e. The summed E-state index contributed by atoms with van der Waals surface area (Å²) in [6, 6.07) is 9.59. The van der Waals surface area contributed by atoms with Crippen molar-refractivity contribution in [3.63, 3.8) is 0 Å². The Labute approximate surface area is 177 Å². The van der Waals surface area contributed by atoms with Crippen LogP contribution in [0.2, 0.25) is 0 Å². The maximum absolute atomic E-state index is 13.8. The van der Waals surface area contributed by atoms with E-state index in [0.717, 1.165) is 12.1 Å². The van der Waals surface area contributed by atoms with Gasteiger partial charge in [-0.2, -0.15) is 0 Å². The summed E-state index contributed by atoms with van der Waals surface area (Å²) in [6.45, 7) is 0.326. The van der Waals surface area contributed by atoms with E-state index in [2.05, 4.69) is 0 Å². The van der Waals surface area contributed by atoms with Crippen LogP contribution >= 0.6 is 0 Å². The highest BCUT2D eigenvalue weighted by Gasteiger charge is 2.29. The molecule has 2 N–H and O–H groups in total. The third-order valence-electron chi connectivity index (χ3n) is 4.94. The molecule has 0 aromatic heterocycles. The van der Waals surface area contributed by atoms with Crippen LogP contribution in [0.3, 0.4) is 0 Å². The molecule has 1 fully saturated rings. The van der Waals surface area contributed by atoms with E-state index in [9.17, 15) is 23.2 Å².